The van der Waals surface area contributed by atoms with Gasteiger partial charge in [0.15, 0.2) is 0 Å². The second-order valence-corrected chi connectivity index (χ2v) is 6.12. The lowest BCUT2D eigenvalue weighted by molar-refractivity contribution is 0.0701. The third kappa shape index (κ3) is 3.38. The Balaban J connectivity index is 2.27. The van der Waals surface area contributed by atoms with Gasteiger partial charge in [-0.05, 0) is 38.3 Å². The number of hydrogen-bond donors (Lipinski definition) is 0. The molecule has 1 atom stereocenters. The first-order chi connectivity index (χ1) is 9.13. The Bertz CT molecular complexity index is 458. The van der Waals surface area contributed by atoms with Gasteiger partial charge in [-0.25, -0.2) is 0 Å². The Hall–Kier alpha value is -0.830. The van der Waals surface area contributed by atoms with Gasteiger partial charge >= 0.3 is 0 Å². The lowest BCUT2D eigenvalue weighted by atomic mass is 10.0. The Morgan fingerprint density at radius 3 is 2.84 bits per heavy atom. The van der Waals surface area contributed by atoms with Crippen LogP contribution in [0.2, 0.25) is 0 Å². The van der Waals surface area contributed by atoms with Crippen molar-refractivity contribution in [1.29, 1.82) is 0 Å². The number of carbonyl (C=O) groups is 1. The molecule has 104 valence electrons. The average molecular weight is 324 g/mol. The number of rotatable bonds is 2. The summed E-state index contributed by atoms with van der Waals surface area (Å²) in [5.74, 6) is 0.201. The summed E-state index contributed by atoms with van der Waals surface area (Å²) in [7, 11) is 0. The van der Waals surface area contributed by atoms with Crippen LogP contribution in [0.4, 0.5) is 0 Å². The van der Waals surface area contributed by atoms with Crippen LogP contribution in [0, 0.1) is 13.8 Å². The van der Waals surface area contributed by atoms with E-state index < -0.39 is 0 Å². The van der Waals surface area contributed by atoms with E-state index in [9.17, 15) is 4.79 Å². The molecule has 1 fully saturated rings. The Morgan fingerprint density at radius 1 is 1.32 bits per heavy atom. The average Bonchev–Trinajstić information content (AvgIpc) is 2.65. The number of hydrogen-bond acceptors (Lipinski definition) is 1. The van der Waals surface area contributed by atoms with Crippen LogP contribution >= 0.6 is 15.9 Å². The van der Waals surface area contributed by atoms with Crippen LogP contribution in [-0.4, -0.2) is 28.7 Å². The highest BCUT2D eigenvalue weighted by Crippen LogP contribution is 2.22. The highest BCUT2D eigenvalue weighted by molar-refractivity contribution is 9.09. The topological polar surface area (TPSA) is 20.3 Å². The van der Waals surface area contributed by atoms with Crippen molar-refractivity contribution >= 4 is 21.8 Å². The number of halogens is 1. The Labute approximate surface area is 124 Å². The minimum Gasteiger partial charge on any atom is -0.335 e. The van der Waals surface area contributed by atoms with Crippen LogP contribution in [0.3, 0.4) is 0 Å². The zero-order valence-electron chi connectivity index (χ0n) is 11.8. The lowest BCUT2D eigenvalue weighted by Gasteiger charge is -2.29. The summed E-state index contributed by atoms with van der Waals surface area (Å²) in [5, 5.41) is 0.879. The van der Waals surface area contributed by atoms with E-state index in [0.29, 0.717) is 6.04 Å². The van der Waals surface area contributed by atoms with Gasteiger partial charge in [0, 0.05) is 23.5 Å². The van der Waals surface area contributed by atoms with E-state index >= 15 is 0 Å². The van der Waals surface area contributed by atoms with Crippen LogP contribution in [-0.2, 0) is 0 Å². The highest BCUT2D eigenvalue weighted by Gasteiger charge is 2.26. The minimum atomic E-state index is 0.201. The number of nitrogens with zero attached hydrogens (tertiary/aromatic N) is 1. The van der Waals surface area contributed by atoms with Crippen LogP contribution in [0.15, 0.2) is 18.2 Å². The fraction of sp³-hybridized carbons (Fsp3) is 0.562. The summed E-state index contributed by atoms with van der Waals surface area (Å²) in [6.45, 7) is 4.96. The van der Waals surface area contributed by atoms with Crippen molar-refractivity contribution < 1.29 is 4.79 Å². The number of amides is 1. The molecule has 1 amide bonds. The summed E-state index contributed by atoms with van der Waals surface area (Å²) < 4.78 is 0. The third-order valence-corrected chi connectivity index (χ3v) is 4.69. The van der Waals surface area contributed by atoms with Crippen LogP contribution in [0.5, 0.6) is 0 Å². The van der Waals surface area contributed by atoms with E-state index in [-0.39, 0.29) is 5.91 Å². The number of benzene rings is 1. The molecule has 0 saturated carbocycles. The maximum absolute atomic E-state index is 12.8. The van der Waals surface area contributed by atoms with Crippen molar-refractivity contribution in [2.75, 3.05) is 11.9 Å². The van der Waals surface area contributed by atoms with Gasteiger partial charge in [0.2, 0.25) is 0 Å². The number of alkyl halides is 1. The molecule has 0 aromatic heterocycles. The fourth-order valence-corrected chi connectivity index (χ4v) is 3.40. The first-order valence-electron chi connectivity index (χ1n) is 7.07. The second-order valence-electron chi connectivity index (χ2n) is 5.47. The standard InChI is InChI=1S/C16H22BrNO/c1-12-7-8-13(2)15(10-12)16(19)18-9-5-3-4-6-14(18)11-17/h7-8,10,14H,3-6,9,11H2,1-2H3. The van der Waals surface area contributed by atoms with Gasteiger partial charge < -0.3 is 4.90 Å². The highest BCUT2D eigenvalue weighted by atomic mass is 79.9. The van der Waals surface area contributed by atoms with Crippen LogP contribution < -0.4 is 0 Å². The molecule has 2 nitrogen and oxygen atoms in total. The van der Waals surface area contributed by atoms with Gasteiger partial charge in [-0.1, -0.05) is 46.5 Å². The van der Waals surface area contributed by atoms with Gasteiger partial charge in [-0.2, -0.15) is 0 Å². The molecule has 0 aliphatic carbocycles. The molecule has 2 rings (SSSR count). The summed E-state index contributed by atoms with van der Waals surface area (Å²) >= 11 is 3.57. The molecule has 1 unspecified atom stereocenters. The molecule has 19 heavy (non-hydrogen) atoms. The molecular weight excluding hydrogens is 302 g/mol. The van der Waals surface area contributed by atoms with Gasteiger partial charge in [0.25, 0.3) is 5.91 Å². The fourth-order valence-electron chi connectivity index (χ4n) is 2.73. The first kappa shape index (κ1) is 14.6. The largest absolute Gasteiger partial charge is 0.335 e. The molecule has 1 saturated heterocycles. The molecule has 3 heteroatoms. The quantitative estimate of drug-likeness (QED) is 0.751. The van der Waals surface area contributed by atoms with E-state index in [2.05, 4.69) is 26.9 Å². The van der Waals surface area contributed by atoms with Crippen LogP contribution in [0.1, 0.15) is 47.2 Å². The van der Waals surface area contributed by atoms with E-state index in [4.69, 9.17) is 0 Å². The SMILES string of the molecule is Cc1ccc(C)c(C(=O)N2CCCCCC2CBr)c1. The van der Waals surface area contributed by atoms with Crippen molar-refractivity contribution in [2.45, 2.75) is 45.6 Å². The van der Waals surface area contributed by atoms with Crippen molar-refractivity contribution in [3.05, 3.63) is 34.9 Å². The number of likely N-dealkylation sites (tertiary alicyclic amines) is 1. The van der Waals surface area contributed by atoms with Gasteiger partial charge in [-0.15, -0.1) is 0 Å². The molecular formula is C16H22BrNO. The molecule has 1 aromatic carbocycles. The van der Waals surface area contributed by atoms with E-state index in [1.807, 2.05) is 26.0 Å². The van der Waals surface area contributed by atoms with Gasteiger partial charge in [0.05, 0.1) is 0 Å². The Morgan fingerprint density at radius 2 is 2.11 bits per heavy atom. The summed E-state index contributed by atoms with van der Waals surface area (Å²) in [5.41, 5.74) is 3.10. The van der Waals surface area contributed by atoms with Gasteiger partial charge in [-0.3, -0.25) is 4.79 Å². The molecule has 1 aliphatic rings. The molecule has 0 N–H and O–H groups in total. The Kier molecular flexibility index (Phi) is 5.03. The van der Waals surface area contributed by atoms with E-state index in [1.54, 1.807) is 0 Å². The molecule has 1 aliphatic heterocycles. The van der Waals surface area contributed by atoms with Crippen molar-refractivity contribution in [3.8, 4) is 0 Å². The monoisotopic (exact) mass is 323 g/mol. The number of carbonyl (C=O) groups excluding carboxylic acids is 1. The number of aryl methyl sites for hydroxylation is 2. The summed E-state index contributed by atoms with van der Waals surface area (Å²) in [6, 6.07) is 6.48. The molecule has 0 spiro atoms. The summed E-state index contributed by atoms with van der Waals surface area (Å²) in [4.78, 5) is 14.9. The zero-order chi connectivity index (χ0) is 13.8. The molecule has 1 heterocycles. The van der Waals surface area contributed by atoms with Crippen molar-refractivity contribution in [1.82, 2.24) is 4.90 Å². The maximum atomic E-state index is 12.8. The van der Waals surface area contributed by atoms with E-state index in [1.165, 1.54) is 12.8 Å². The van der Waals surface area contributed by atoms with Crippen molar-refractivity contribution in [2.24, 2.45) is 0 Å². The van der Waals surface area contributed by atoms with Gasteiger partial charge in [0.1, 0.15) is 0 Å². The zero-order valence-corrected chi connectivity index (χ0v) is 13.4. The predicted octanol–water partition coefficient (Wildman–Crippen LogP) is 4.08. The molecule has 1 aromatic rings. The van der Waals surface area contributed by atoms with E-state index in [0.717, 1.165) is 41.4 Å². The summed E-state index contributed by atoms with van der Waals surface area (Å²) in [6.07, 6.45) is 4.70. The van der Waals surface area contributed by atoms with Crippen molar-refractivity contribution in [3.63, 3.8) is 0 Å². The smallest absolute Gasteiger partial charge is 0.254 e. The predicted molar refractivity (Wildman–Crippen MR) is 83.0 cm³/mol. The normalized spacial score (nSPS) is 20.2. The third-order valence-electron chi connectivity index (χ3n) is 3.94. The molecule has 0 radical (unpaired) electrons. The second kappa shape index (κ2) is 6.56. The lowest BCUT2D eigenvalue weighted by Crippen LogP contribution is -2.41. The first-order valence-corrected chi connectivity index (χ1v) is 8.20. The minimum absolute atomic E-state index is 0.201. The maximum Gasteiger partial charge on any atom is 0.254 e. The molecule has 0 bridgehead atoms. The van der Waals surface area contributed by atoms with Crippen LogP contribution in [0.25, 0.3) is 0 Å².